The largest absolute Gasteiger partial charge is 0.373 e. The fourth-order valence-corrected chi connectivity index (χ4v) is 6.56. The van der Waals surface area contributed by atoms with Crippen molar-refractivity contribution in [3.63, 3.8) is 0 Å². The fourth-order valence-electron chi connectivity index (χ4n) is 5.85. The van der Waals surface area contributed by atoms with Crippen molar-refractivity contribution in [2.45, 2.75) is 70.9 Å². The van der Waals surface area contributed by atoms with E-state index in [2.05, 4.69) is 68.1 Å². The third kappa shape index (κ3) is 7.36. The number of piperazine rings is 1. The topological polar surface area (TPSA) is 63.3 Å². The molecule has 5 rings (SSSR count). The van der Waals surface area contributed by atoms with E-state index < -0.39 is 0 Å². The molecule has 2 fully saturated rings. The number of thiazole rings is 1. The molecule has 0 amide bonds. The first kappa shape index (κ1) is 27.2. The number of nitrogens with one attached hydrogen (secondary N) is 2. The van der Waals surface area contributed by atoms with Gasteiger partial charge in [-0.1, -0.05) is 38.5 Å². The Balaban J connectivity index is 1.01. The molecule has 38 heavy (non-hydrogen) atoms. The van der Waals surface area contributed by atoms with E-state index in [9.17, 15) is 0 Å². The first-order valence-electron chi connectivity index (χ1n) is 14.7. The standard InChI is InChI=1S/C30H45N7S/c1-3-4-5-10-24(2)36-19-17-35(18-20-36)22-25-23-38-30(32-25)31-21-26-11-8-15-37(26)16-9-14-29-33-27-12-6-7-13-28(27)34-29/h6-7,12-13,23,26H,2-5,8-11,14-22H2,1H3,(H,31,32)(H,33,34). The van der Waals surface area contributed by atoms with Gasteiger partial charge in [0.1, 0.15) is 5.82 Å². The fraction of sp³-hybridized carbons (Fsp3) is 0.600. The molecule has 0 aliphatic carbocycles. The maximum absolute atomic E-state index is 4.92. The molecule has 3 aromatic rings. The van der Waals surface area contributed by atoms with E-state index in [-0.39, 0.29) is 0 Å². The van der Waals surface area contributed by atoms with E-state index in [1.165, 1.54) is 50.0 Å². The van der Waals surface area contributed by atoms with E-state index in [0.29, 0.717) is 6.04 Å². The van der Waals surface area contributed by atoms with Gasteiger partial charge in [-0.15, -0.1) is 11.3 Å². The van der Waals surface area contributed by atoms with Crippen LogP contribution in [0.1, 0.15) is 63.4 Å². The second kappa shape index (κ2) is 13.6. The zero-order valence-electron chi connectivity index (χ0n) is 23.1. The third-order valence-electron chi connectivity index (χ3n) is 8.11. The van der Waals surface area contributed by atoms with Crippen LogP contribution in [0.15, 0.2) is 41.9 Å². The van der Waals surface area contributed by atoms with Crippen molar-refractivity contribution in [1.82, 2.24) is 29.7 Å². The average molecular weight is 536 g/mol. The molecular weight excluding hydrogens is 490 g/mol. The molecule has 2 aromatic heterocycles. The molecule has 2 aliphatic heterocycles. The van der Waals surface area contributed by atoms with Gasteiger partial charge in [0.25, 0.3) is 0 Å². The van der Waals surface area contributed by atoms with Crippen LogP contribution in [0.25, 0.3) is 11.0 Å². The number of aryl methyl sites for hydroxylation is 1. The van der Waals surface area contributed by atoms with Gasteiger partial charge in [-0.25, -0.2) is 9.97 Å². The molecular formula is C30H45N7S. The zero-order chi connectivity index (χ0) is 26.2. The summed E-state index contributed by atoms with van der Waals surface area (Å²) >= 11 is 1.75. The number of unbranched alkanes of at least 4 members (excludes halogenated alkanes) is 2. The lowest BCUT2D eigenvalue weighted by Crippen LogP contribution is -2.45. The molecule has 0 spiro atoms. The van der Waals surface area contributed by atoms with Crippen LogP contribution < -0.4 is 5.32 Å². The Morgan fingerprint density at radius 3 is 2.82 bits per heavy atom. The molecule has 8 heteroatoms. The average Bonchev–Trinajstić information content (AvgIpc) is 3.68. The molecule has 0 saturated carbocycles. The summed E-state index contributed by atoms with van der Waals surface area (Å²) in [6.45, 7) is 15.2. The van der Waals surface area contributed by atoms with Crippen molar-refractivity contribution < 1.29 is 0 Å². The number of anilines is 1. The molecule has 2 saturated heterocycles. The number of benzene rings is 1. The van der Waals surface area contributed by atoms with Gasteiger partial charge in [0.2, 0.25) is 0 Å². The summed E-state index contributed by atoms with van der Waals surface area (Å²) in [4.78, 5) is 20.8. The highest BCUT2D eigenvalue weighted by Crippen LogP contribution is 2.22. The Labute approximate surface area is 232 Å². The quantitative estimate of drug-likeness (QED) is 0.257. The Morgan fingerprint density at radius 2 is 1.97 bits per heavy atom. The normalized spacial score (nSPS) is 19.0. The van der Waals surface area contributed by atoms with Gasteiger partial charge < -0.3 is 15.2 Å². The molecule has 0 bridgehead atoms. The van der Waals surface area contributed by atoms with Crippen molar-refractivity contribution >= 4 is 27.5 Å². The molecule has 2 N–H and O–H groups in total. The zero-order valence-corrected chi connectivity index (χ0v) is 23.9. The third-order valence-corrected chi connectivity index (χ3v) is 8.96. The van der Waals surface area contributed by atoms with Gasteiger partial charge in [0, 0.05) is 62.8 Å². The Kier molecular flexibility index (Phi) is 9.71. The number of aromatic nitrogens is 3. The predicted molar refractivity (Wildman–Crippen MR) is 160 cm³/mol. The highest BCUT2D eigenvalue weighted by Gasteiger charge is 2.24. The van der Waals surface area contributed by atoms with Crippen molar-refractivity contribution in [2.24, 2.45) is 0 Å². The highest BCUT2D eigenvalue weighted by atomic mass is 32.1. The molecule has 4 heterocycles. The summed E-state index contributed by atoms with van der Waals surface area (Å²) in [6.07, 6.45) is 9.69. The summed E-state index contributed by atoms with van der Waals surface area (Å²) < 4.78 is 0. The molecule has 7 nitrogen and oxygen atoms in total. The summed E-state index contributed by atoms with van der Waals surface area (Å²) in [5.74, 6) is 1.11. The van der Waals surface area contributed by atoms with Crippen LogP contribution in [0, 0.1) is 0 Å². The van der Waals surface area contributed by atoms with Gasteiger partial charge >= 0.3 is 0 Å². The van der Waals surface area contributed by atoms with E-state index >= 15 is 0 Å². The molecule has 2 aliphatic rings. The van der Waals surface area contributed by atoms with E-state index in [0.717, 1.165) is 87.1 Å². The van der Waals surface area contributed by atoms with Crippen LogP contribution in [0.4, 0.5) is 5.13 Å². The minimum atomic E-state index is 0.594. The summed E-state index contributed by atoms with van der Waals surface area (Å²) in [5.41, 5.74) is 4.73. The van der Waals surface area contributed by atoms with Crippen molar-refractivity contribution in [2.75, 3.05) is 51.1 Å². The van der Waals surface area contributed by atoms with Gasteiger partial charge in [0.05, 0.1) is 16.7 Å². The number of hydrogen-bond donors (Lipinski definition) is 2. The number of aromatic amines is 1. The lowest BCUT2D eigenvalue weighted by atomic mass is 10.1. The van der Waals surface area contributed by atoms with E-state index in [4.69, 9.17) is 9.97 Å². The Hall–Kier alpha value is -2.42. The number of likely N-dealkylation sites (tertiary alicyclic amines) is 1. The van der Waals surface area contributed by atoms with Crippen LogP contribution in [-0.4, -0.2) is 81.5 Å². The monoisotopic (exact) mass is 535 g/mol. The van der Waals surface area contributed by atoms with Crippen molar-refractivity contribution in [3.8, 4) is 0 Å². The second-order valence-electron chi connectivity index (χ2n) is 10.9. The number of allylic oxidation sites excluding steroid dienone is 1. The predicted octanol–water partition coefficient (Wildman–Crippen LogP) is 5.74. The summed E-state index contributed by atoms with van der Waals surface area (Å²) in [7, 11) is 0. The SMILES string of the molecule is C=C(CCCCC)N1CCN(Cc2csc(NCC3CCCN3CCCc3nc4ccccc4[nH]3)n2)CC1. The highest BCUT2D eigenvalue weighted by molar-refractivity contribution is 7.13. The number of para-hydroxylation sites is 2. The lowest BCUT2D eigenvalue weighted by Gasteiger charge is -2.36. The molecule has 1 atom stereocenters. The van der Waals surface area contributed by atoms with Crippen LogP contribution in [0.2, 0.25) is 0 Å². The second-order valence-corrected chi connectivity index (χ2v) is 11.8. The summed E-state index contributed by atoms with van der Waals surface area (Å²) in [6, 6.07) is 8.89. The number of rotatable bonds is 14. The molecule has 1 unspecified atom stereocenters. The van der Waals surface area contributed by atoms with Crippen LogP contribution in [0.5, 0.6) is 0 Å². The van der Waals surface area contributed by atoms with Crippen LogP contribution in [-0.2, 0) is 13.0 Å². The Bertz CT molecular complexity index is 1110. The minimum Gasteiger partial charge on any atom is -0.373 e. The minimum absolute atomic E-state index is 0.594. The molecule has 0 radical (unpaired) electrons. The first-order valence-corrected chi connectivity index (χ1v) is 15.6. The first-order chi connectivity index (χ1) is 18.7. The number of hydrogen-bond acceptors (Lipinski definition) is 7. The number of imidazole rings is 1. The number of fused-ring (bicyclic) bond motifs is 1. The molecule has 206 valence electrons. The van der Waals surface area contributed by atoms with Gasteiger partial charge in [-0.2, -0.15) is 0 Å². The van der Waals surface area contributed by atoms with Gasteiger partial charge in [-0.3, -0.25) is 9.80 Å². The van der Waals surface area contributed by atoms with Crippen LogP contribution >= 0.6 is 11.3 Å². The van der Waals surface area contributed by atoms with Crippen LogP contribution in [0.3, 0.4) is 0 Å². The Morgan fingerprint density at radius 1 is 1.11 bits per heavy atom. The number of H-pyrrole nitrogens is 1. The molecule has 1 aromatic carbocycles. The van der Waals surface area contributed by atoms with E-state index in [1.54, 1.807) is 11.3 Å². The maximum atomic E-state index is 4.92. The lowest BCUT2D eigenvalue weighted by molar-refractivity contribution is 0.149. The van der Waals surface area contributed by atoms with Crippen molar-refractivity contribution in [3.05, 3.63) is 53.4 Å². The smallest absolute Gasteiger partial charge is 0.182 e. The van der Waals surface area contributed by atoms with E-state index in [1.807, 2.05) is 0 Å². The summed E-state index contributed by atoms with van der Waals surface area (Å²) in [5, 5.41) is 6.96. The number of nitrogens with zero attached hydrogens (tertiary/aromatic N) is 5. The maximum Gasteiger partial charge on any atom is 0.182 e. The van der Waals surface area contributed by atoms with Gasteiger partial charge in [-0.05, 0) is 57.3 Å². The van der Waals surface area contributed by atoms with Gasteiger partial charge in [0.15, 0.2) is 5.13 Å². The van der Waals surface area contributed by atoms with Crippen molar-refractivity contribution in [1.29, 1.82) is 0 Å².